The molecule has 1 atom stereocenters. The van der Waals surface area contributed by atoms with E-state index in [1.54, 1.807) is 24.3 Å². The van der Waals surface area contributed by atoms with Gasteiger partial charge >= 0.3 is 0 Å². The average Bonchev–Trinajstić information content (AvgIpc) is 2.87. The van der Waals surface area contributed by atoms with Crippen molar-refractivity contribution in [3.8, 4) is 5.75 Å². The van der Waals surface area contributed by atoms with Crippen molar-refractivity contribution in [2.45, 2.75) is 31.2 Å². The highest BCUT2D eigenvalue weighted by Gasteiger charge is 2.29. The average molecular weight is 540 g/mol. The fraction of sp³-hybridized carbons (Fsp3) is 0.458. The molecule has 12 heteroatoms. The maximum atomic E-state index is 12.7. The molecule has 1 fully saturated rings. The van der Waals surface area contributed by atoms with Gasteiger partial charge in [-0.05, 0) is 55.3 Å². The maximum Gasteiger partial charge on any atom is 0.243 e. The second-order valence-electron chi connectivity index (χ2n) is 8.38. The Morgan fingerprint density at radius 3 is 2.22 bits per heavy atom. The summed E-state index contributed by atoms with van der Waals surface area (Å²) >= 11 is 0. The van der Waals surface area contributed by atoms with Gasteiger partial charge in [0, 0.05) is 13.1 Å². The molecule has 1 saturated heterocycles. The SMILES string of the molecule is CCc1ccc(N([C@H](C)C(=O)NCCOc2ccc(S(=O)(=O)N3CCOCC3)cc2)S(C)(=O)=O)cc1. The maximum absolute atomic E-state index is 12.7. The largest absolute Gasteiger partial charge is 0.492 e. The first-order valence-corrected chi connectivity index (χ1v) is 15.0. The van der Waals surface area contributed by atoms with Crippen LogP contribution in [-0.2, 0) is 36.0 Å². The molecular formula is C24H33N3O7S2. The van der Waals surface area contributed by atoms with Crippen LogP contribution >= 0.6 is 0 Å². The predicted octanol–water partition coefficient (Wildman–Crippen LogP) is 1.62. The van der Waals surface area contributed by atoms with Crippen LogP contribution in [0.1, 0.15) is 19.4 Å². The van der Waals surface area contributed by atoms with Gasteiger partial charge < -0.3 is 14.8 Å². The predicted molar refractivity (Wildman–Crippen MR) is 137 cm³/mol. The number of morpholine rings is 1. The molecule has 0 aromatic heterocycles. The van der Waals surface area contributed by atoms with Crippen LogP contribution < -0.4 is 14.4 Å². The Hall–Kier alpha value is -2.67. The minimum absolute atomic E-state index is 0.123. The molecule has 0 saturated carbocycles. The number of nitrogens with zero attached hydrogens (tertiary/aromatic N) is 2. The van der Waals surface area contributed by atoms with E-state index >= 15 is 0 Å². The van der Waals surface area contributed by atoms with Crippen LogP contribution in [0.4, 0.5) is 5.69 Å². The van der Waals surface area contributed by atoms with Crippen LogP contribution in [0.2, 0.25) is 0 Å². The van der Waals surface area contributed by atoms with Crippen LogP contribution in [0, 0.1) is 0 Å². The monoisotopic (exact) mass is 539 g/mol. The number of hydrogen-bond donors (Lipinski definition) is 1. The van der Waals surface area contributed by atoms with E-state index in [-0.39, 0.29) is 18.0 Å². The third-order valence-electron chi connectivity index (χ3n) is 5.79. The van der Waals surface area contributed by atoms with Crippen molar-refractivity contribution in [3.63, 3.8) is 0 Å². The number of carbonyl (C=O) groups excluding carboxylic acids is 1. The molecular weight excluding hydrogens is 506 g/mol. The van der Waals surface area contributed by atoms with Crippen molar-refractivity contribution >= 4 is 31.6 Å². The minimum atomic E-state index is -3.70. The van der Waals surface area contributed by atoms with Crippen molar-refractivity contribution in [2.75, 3.05) is 50.0 Å². The number of amides is 1. The van der Waals surface area contributed by atoms with E-state index in [2.05, 4.69) is 5.32 Å². The molecule has 0 unspecified atom stereocenters. The van der Waals surface area contributed by atoms with Crippen molar-refractivity contribution in [1.82, 2.24) is 9.62 Å². The minimum Gasteiger partial charge on any atom is -0.492 e. The number of hydrogen-bond acceptors (Lipinski definition) is 7. The molecule has 3 rings (SSSR count). The number of nitrogens with one attached hydrogen (secondary N) is 1. The van der Waals surface area contributed by atoms with Gasteiger partial charge in [-0.3, -0.25) is 9.10 Å². The molecule has 1 N–H and O–H groups in total. The number of carbonyl (C=O) groups is 1. The lowest BCUT2D eigenvalue weighted by molar-refractivity contribution is -0.121. The molecule has 2 aromatic rings. The summed E-state index contributed by atoms with van der Waals surface area (Å²) in [6.45, 7) is 5.18. The van der Waals surface area contributed by atoms with Crippen LogP contribution in [0.5, 0.6) is 5.75 Å². The molecule has 0 bridgehead atoms. The van der Waals surface area contributed by atoms with Gasteiger partial charge in [0.25, 0.3) is 0 Å². The highest BCUT2D eigenvalue weighted by molar-refractivity contribution is 7.92. The summed E-state index contributed by atoms with van der Waals surface area (Å²) in [6, 6.07) is 12.2. The molecule has 198 valence electrons. The van der Waals surface area contributed by atoms with E-state index in [0.29, 0.717) is 37.7 Å². The fourth-order valence-corrected chi connectivity index (χ4v) is 6.40. The molecule has 0 aliphatic carbocycles. The standard InChI is InChI=1S/C24H33N3O7S2/c1-4-20-5-7-21(8-6-20)27(35(3,29)30)19(2)24(28)25-13-16-34-22-9-11-23(12-10-22)36(31,32)26-14-17-33-18-15-26/h5-12,19H,4,13-18H2,1-3H3,(H,25,28)/t19-/m1/s1. The molecule has 36 heavy (non-hydrogen) atoms. The Morgan fingerprint density at radius 1 is 1.06 bits per heavy atom. The Balaban J connectivity index is 1.53. The molecule has 1 aliphatic rings. The van der Waals surface area contributed by atoms with Gasteiger partial charge in [-0.15, -0.1) is 0 Å². The molecule has 1 aliphatic heterocycles. The number of benzene rings is 2. The van der Waals surface area contributed by atoms with Crippen LogP contribution in [0.15, 0.2) is 53.4 Å². The lowest BCUT2D eigenvalue weighted by Gasteiger charge is -2.28. The summed E-state index contributed by atoms with van der Waals surface area (Å²) in [4.78, 5) is 12.9. The van der Waals surface area contributed by atoms with Gasteiger partial charge in [0.15, 0.2) is 0 Å². The highest BCUT2D eigenvalue weighted by Crippen LogP contribution is 2.22. The van der Waals surface area contributed by atoms with E-state index in [1.807, 2.05) is 19.1 Å². The first-order valence-electron chi connectivity index (χ1n) is 11.7. The second kappa shape index (κ2) is 12.0. The van der Waals surface area contributed by atoms with E-state index in [0.717, 1.165) is 22.5 Å². The van der Waals surface area contributed by atoms with Crippen LogP contribution in [0.25, 0.3) is 0 Å². The zero-order valence-electron chi connectivity index (χ0n) is 20.7. The summed E-state index contributed by atoms with van der Waals surface area (Å²) < 4.78 is 63.5. The Bertz CT molecular complexity index is 1230. The summed E-state index contributed by atoms with van der Waals surface area (Å²) in [5.74, 6) is -0.0115. The van der Waals surface area contributed by atoms with Gasteiger partial charge in [-0.1, -0.05) is 19.1 Å². The molecule has 1 heterocycles. The van der Waals surface area contributed by atoms with Gasteiger partial charge in [0.1, 0.15) is 18.4 Å². The summed E-state index contributed by atoms with van der Waals surface area (Å²) in [6.07, 6.45) is 1.89. The van der Waals surface area contributed by atoms with E-state index in [1.165, 1.54) is 23.4 Å². The second-order valence-corrected chi connectivity index (χ2v) is 12.2. The van der Waals surface area contributed by atoms with Crippen molar-refractivity contribution in [2.24, 2.45) is 0 Å². The molecule has 1 amide bonds. The summed E-state index contributed by atoms with van der Waals surface area (Å²) in [5, 5.41) is 2.69. The summed E-state index contributed by atoms with van der Waals surface area (Å²) in [7, 11) is -7.28. The molecule has 0 radical (unpaired) electrons. The van der Waals surface area contributed by atoms with Crippen molar-refractivity contribution in [1.29, 1.82) is 0 Å². The van der Waals surface area contributed by atoms with Gasteiger partial charge in [-0.25, -0.2) is 16.8 Å². The van der Waals surface area contributed by atoms with Gasteiger partial charge in [-0.2, -0.15) is 4.31 Å². The smallest absolute Gasteiger partial charge is 0.243 e. The summed E-state index contributed by atoms with van der Waals surface area (Å²) in [5.41, 5.74) is 1.48. The van der Waals surface area contributed by atoms with E-state index < -0.39 is 32.0 Å². The van der Waals surface area contributed by atoms with Crippen LogP contribution in [-0.4, -0.2) is 78.8 Å². The quantitative estimate of drug-likeness (QED) is 0.431. The topological polar surface area (TPSA) is 122 Å². The fourth-order valence-electron chi connectivity index (χ4n) is 3.82. The van der Waals surface area contributed by atoms with Crippen molar-refractivity contribution < 1.29 is 31.1 Å². The lowest BCUT2D eigenvalue weighted by Crippen LogP contribution is -2.48. The lowest BCUT2D eigenvalue weighted by atomic mass is 10.1. The number of anilines is 1. The molecule has 10 nitrogen and oxygen atoms in total. The van der Waals surface area contributed by atoms with E-state index in [9.17, 15) is 21.6 Å². The molecule has 2 aromatic carbocycles. The number of rotatable bonds is 11. The van der Waals surface area contributed by atoms with Crippen LogP contribution in [0.3, 0.4) is 0 Å². The molecule has 0 spiro atoms. The first-order chi connectivity index (χ1) is 17.0. The Morgan fingerprint density at radius 2 is 1.67 bits per heavy atom. The van der Waals surface area contributed by atoms with E-state index in [4.69, 9.17) is 9.47 Å². The zero-order chi connectivity index (χ0) is 26.3. The van der Waals surface area contributed by atoms with Gasteiger partial charge in [0.05, 0.1) is 36.6 Å². The van der Waals surface area contributed by atoms with Gasteiger partial charge in [0.2, 0.25) is 26.0 Å². The highest BCUT2D eigenvalue weighted by atomic mass is 32.2. The third kappa shape index (κ3) is 6.96. The zero-order valence-corrected chi connectivity index (χ0v) is 22.3. The third-order valence-corrected chi connectivity index (χ3v) is 8.94. The normalized spacial score (nSPS) is 15.8. The number of aryl methyl sites for hydroxylation is 1. The number of ether oxygens (including phenoxy) is 2. The Labute approximate surface area is 213 Å². The van der Waals surface area contributed by atoms with Crippen molar-refractivity contribution in [3.05, 3.63) is 54.1 Å². The first kappa shape index (κ1) is 27.9. The Kier molecular flexibility index (Phi) is 9.34. The number of sulfonamides is 2.